The number of nitrogens with zero attached hydrogens (tertiary/aromatic N) is 3. The van der Waals surface area contributed by atoms with E-state index in [0.29, 0.717) is 12.1 Å². The number of carbonyl (C=O) groups excluding carboxylic acids is 3. The van der Waals surface area contributed by atoms with Gasteiger partial charge in [0.25, 0.3) is 5.69 Å². The van der Waals surface area contributed by atoms with Crippen LogP contribution in [0.25, 0.3) is 0 Å². The molecule has 35 heavy (non-hydrogen) atoms. The molecule has 3 heterocycles. The van der Waals surface area contributed by atoms with Crippen molar-refractivity contribution < 1.29 is 24.0 Å². The summed E-state index contributed by atoms with van der Waals surface area (Å²) in [6.07, 6.45) is -0.788. The Kier molecular flexibility index (Phi) is 5.36. The number of hydrogen-bond donors (Lipinski definition) is 1. The van der Waals surface area contributed by atoms with Crippen molar-refractivity contribution in [3.05, 3.63) is 69.8 Å². The maximum atomic E-state index is 14.3. The third-order valence-electron chi connectivity index (χ3n) is 7.35. The summed E-state index contributed by atoms with van der Waals surface area (Å²) in [5.74, 6) is -1.33. The number of anilines is 1. The number of rotatable bonds is 3. The Morgan fingerprint density at radius 3 is 2.54 bits per heavy atom. The molecule has 3 aliphatic rings. The Hall–Kier alpha value is -3.79. The fraction of sp³-hybridized carbons (Fsp3) is 0.400. The highest BCUT2D eigenvalue weighted by Crippen LogP contribution is 2.49. The first-order chi connectivity index (χ1) is 16.6. The Bertz CT molecular complexity index is 1230. The number of barbiturate groups is 1. The van der Waals surface area contributed by atoms with Gasteiger partial charge in [-0.2, -0.15) is 0 Å². The van der Waals surface area contributed by atoms with Crippen LogP contribution in [0, 0.1) is 15.5 Å². The number of nitro groups is 1. The van der Waals surface area contributed by atoms with Gasteiger partial charge in [-0.25, -0.2) is 4.79 Å². The van der Waals surface area contributed by atoms with Crippen LogP contribution in [0.15, 0.2) is 48.5 Å². The molecule has 1 spiro atoms. The lowest BCUT2D eigenvalue weighted by Crippen LogP contribution is -2.75. The zero-order chi connectivity index (χ0) is 25.1. The number of ether oxygens (including phenoxy) is 1. The van der Waals surface area contributed by atoms with E-state index in [1.165, 1.54) is 12.1 Å². The van der Waals surface area contributed by atoms with E-state index >= 15 is 0 Å². The fourth-order valence-electron chi connectivity index (χ4n) is 5.88. The van der Waals surface area contributed by atoms with Crippen molar-refractivity contribution in [1.29, 1.82) is 0 Å². The first kappa shape index (κ1) is 23.0. The normalized spacial score (nSPS) is 28.9. The van der Waals surface area contributed by atoms with Crippen LogP contribution in [0.1, 0.15) is 37.9 Å². The van der Waals surface area contributed by atoms with Crippen molar-refractivity contribution >= 4 is 29.2 Å². The van der Waals surface area contributed by atoms with Gasteiger partial charge in [0, 0.05) is 30.8 Å². The SMILES string of the molecule is CC1CN2c3ccc([N+](=O)[O-])cc3CC3(C(=O)NC(=O)N(C(C)c4ccccc4)C3=O)C2C(C)O1. The summed E-state index contributed by atoms with van der Waals surface area (Å²) < 4.78 is 6.08. The van der Waals surface area contributed by atoms with E-state index in [-0.39, 0.29) is 18.2 Å². The molecule has 3 aliphatic heterocycles. The maximum Gasteiger partial charge on any atom is 0.331 e. The smallest absolute Gasteiger partial charge is 0.331 e. The summed E-state index contributed by atoms with van der Waals surface area (Å²) in [6.45, 7) is 5.84. The lowest BCUT2D eigenvalue weighted by Gasteiger charge is -2.56. The monoisotopic (exact) mass is 478 g/mol. The number of hydrogen-bond acceptors (Lipinski definition) is 7. The van der Waals surface area contributed by atoms with Gasteiger partial charge in [-0.15, -0.1) is 0 Å². The summed E-state index contributed by atoms with van der Waals surface area (Å²) >= 11 is 0. The number of morpholine rings is 1. The van der Waals surface area contributed by atoms with Crippen LogP contribution < -0.4 is 10.2 Å². The van der Waals surface area contributed by atoms with Crippen molar-refractivity contribution in [2.45, 2.75) is 51.5 Å². The molecular formula is C25H26N4O6. The van der Waals surface area contributed by atoms with Crippen LogP contribution in [-0.2, 0) is 20.7 Å². The quantitative estimate of drug-likeness (QED) is 0.409. The summed E-state index contributed by atoms with van der Waals surface area (Å²) in [6, 6.07) is 11.5. The van der Waals surface area contributed by atoms with Gasteiger partial charge < -0.3 is 9.64 Å². The molecule has 0 bridgehead atoms. The molecule has 10 heteroatoms. The van der Waals surface area contributed by atoms with Crippen LogP contribution in [0.2, 0.25) is 0 Å². The predicted molar refractivity (Wildman–Crippen MR) is 126 cm³/mol. The number of non-ortho nitro benzene ring substituents is 1. The van der Waals surface area contributed by atoms with Gasteiger partial charge in [-0.3, -0.25) is 29.9 Å². The minimum atomic E-state index is -1.70. The molecule has 2 fully saturated rings. The van der Waals surface area contributed by atoms with Crippen LogP contribution in [0.5, 0.6) is 0 Å². The number of imide groups is 2. The minimum absolute atomic E-state index is 0.0801. The molecule has 1 N–H and O–H groups in total. The lowest BCUT2D eigenvalue weighted by molar-refractivity contribution is -0.384. The first-order valence-corrected chi connectivity index (χ1v) is 11.6. The van der Waals surface area contributed by atoms with E-state index in [1.54, 1.807) is 13.0 Å². The molecule has 10 nitrogen and oxygen atoms in total. The molecule has 182 valence electrons. The number of urea groups is 1. The zero-order valence-corrected chi connectivity index (χ0v) is 19.6. The molecule has 2 saturated heterocycles. The summed E-state index contributed by atoms with van der Waals surface area (Å²) in [5.41, 5.74) is 0.167. The largest absolute Gasteiger partial charge is 0.372 e. The molecule has 0 aliphatic carbocycles. The predicted octanol–water partition coefficient (Wildman–Crippen LogP) is 2.96. The molecule has 4 amide bonds. The van der Waals surface area contributed by atoms with Gasteiger partial charge in [0.1, 0.15) is 0 Å². The number of fused-ring (bicyclic) bond motifs is 4. The molecular weight excluding hydrogens is 452 g/mol. The highest BCUT2D eigenvalue weighted by atomic mass is 16.6. The van der Waals surface area contributed by atoms with E-state index in [9.17, 15) is 24.5 Å². The number of carbonyl (C=O) groups is 3. The van der Waals surface area contributed by atoms with E-state index in [4.69, 9.17) is 4.74 Å². The Labute approximate surface area is 202 Å². The second-order valence-corrected chi connectivity index (χ2v) is 9.49. The standard InChI is InChI=1S/C25H26N4O6/c1-14-13-27-20-10-9-19(29(33)34)11-18(20)12-25(21(27)16(3)35-14)22(30)26-24(32)28(23(25)31)15(2)17-7-5-4-6-8-17/h4-11,14-16,21H,12-13H2,1-3H3,(H,26,30,32). The Morgan fingerprint density at radius 1 is 1.14 bits per heavy atom. The van der Waals surface area contributed by atoms with Crippen molar-refractivity contribution in [1.82, 2.24) is 10.2 Å². The number of benzene rings is 2. The van der Waals surface area contributed by atoms with Crippen molar-refractivity contribution in [2.75, 3.05) is 11.4 Å². The van der Waals surface area contributed by atoms with Crippen LogP contribution in [0.3, 0.4) is 0 Å². The second-order valence-electron chi connectivity index (χ2n) is 9.49. The van der Waals surface area contributed by atoms with Gasteiger partial charge in [0.2, 0.25) is 11.8 Å². The number of nitrogens with one attached hydrogen (secondary N) is 1. The van der Waals surface area contributed by atoms with Gasteiger partial charge in [0.15, 0.2) is 5.41 Å². The number of nitro benzene ring substituents is 1. The van der Waals surface area contributed by atoms with Crippen LogP contribution in [0.4, 0.5) is 16.2 Å². The second kappa shape index (κ2) is 8.16. The van der Waals surface area contributed by atoms with Gasteiger partial charge in [-0.1, -0.05) is 30.3 Å². The average molecular weight is 479 g/mol. The molecule has 0 radical (unpaired) electrons. The van der Waals surface area contributed by atoms with E-state index in [0.717, 1.165) is 16.2 Å². The zero-order valence-electron chi connectivity index (χ0n) is 19.6. The molecule has 2 aromatic carbocycles. The summed E-state index contributed by atoms with van der Waals surface area (Å²) in [5, 5.41) is 13.9. The summed E-state index contributed by atoms with van der Waals surface area (Å²) in [7, 11) is 0. The average Bonchev–Trinajstić information content (AvgIpc) is 2.82. The van der Waals surface area contributed by atoms with Gasteiger partial charge >= 0.3 is 6.03 Å². The topological polar surface area (TPSA) is 122 Å². The maximum absolute atomic E-state index is 14.3. The van der Waals surface area contributed by atoms with E-state index < -0.39 is 46.4 Å². The molecule has 2 aromatic rings. The van der Waals surface area contributed by atoms with Crippen molar-refractivity contribution in [2.24, 2.45) is 5.41 Å². The summed E-state index contributed by atoms with van der Waals surface area (Å²) in [4.78, 5) is 54.9. The first-order valence-electron chi connectivity index (χ1n) is 11.6. The Morgan fingerprint density at radius 2 is 1.86 bits per heavy atom. The van der Waals surface area contributed by atoms with E-state index in [1.807, 2.05) is 49.1 Å². The minimum Gasteiger partial charge on any atom is -0.372 e. The molecule has 5 atom stereocenters. The van der Waals surface area contributed by atoms with Gasteiger partial charge in [0.05, 0.1) is 29.2 Å². The molecule has 5 unspecified atom stereocenters. The molecule has 0 aromatic heterocycles. The van der Waals surface area contributed by atoms with E-state index in [2.05, 4.69) is 5.32 Å². The number of amides is 4. The van der Waals surface area contributed by atoms with Crippen LogP contribution in [-0.4, -0.2) is 52.5 Å². The van der Waals surface area contributed by atoms with Gasteiger partial charge in [-0.05, 0) is 38.0 Å². The van der Waals surface area contributed by atoms with Crippen LogP contribution >= 0.6 is 0 Å². The van der Waals surface area contributed by atoms with Crippen molar-refractivity contribution in [3.8, 4) is 0 Å². The lowest BCUT2D eigenvalue weighted by atomic mass is 9.66. The third kappa shape index (κ3) is 3.39. The fourth-order valence-corrected chi connectivity index (χ4v) is 5.88. The highest BCUT2D eigenvalue weighted by molar-refractivity contribution is 6.20. The third-order valence-corrected chi connectivity index (χ3v) is 7.35. The molecule has 0 saturated carbocycles. The van der Waals surface area contributed by atoms with Crippen molar-refractivity contribution in [3.63, 3.8) is 0 Å². The molecule has 5 rings (SSSR count). The Balaban J connectivity index is 1.67. The highest BCUT2D eigenvalue weighted by Gasteiger charge is 2.65.